The molecule has 140 valence electrons. The standard InChI is InChI=1S/C18H18ClN5O3/c1-24-14(5-7-20-24)17-13(6-8-26-17)18-22-15(23-27-18)10-16(25)21-12-4-2-3-11(19)9-12/h2-5,7,9,13,17H,6,8,10H2,1H3,(H,21,25)/t13-,17-/m1/s1. The van der Waals surface area contributed by atoms with Crippen molar-refractivity contribution in [2.24, 2.45) is 7.05 Å². The lowest BCUT2D eigenvalue weighted by Gasteiger charge is -2.15. The summed E-state index contributed by atoms with van der Waals surface area (Å²) >= 11 is 5.92. The number of nitrogens with one attached hydrogen (secondary N) is 1. The lowest BCUT2D eigenvalue weighted by molar-refractivity contribution is -0.115. The molecule has 3 heterocycles. The first-order valence-electron chi connectivity index (χ1n) is 8.57. The highest BCUT2D eigenvalue weighted by Gasteiger charge is 2.36. The van der Waals surface area contributed by atoms with Gasteiger partial charge in [0.2, 0.25) is 11.8 Å². The molecular weight excluding hydrogens is 370 g/mol. The van der Waals surface area contributed by atoms with E-state index in [0.29, 0.717) is 29.0 Å². The molecule has 1 aromatic carbocycles. The molecule has 3 aromatic rings. The fourth-order valence-electron chi connectivity index (χ4n) is 3.20. The third-order valence-electron chi connectivity index (χ3n) is 4.47. The number of aryl methyl sites for hydroxylation is 1. The lowest BCUT2D eigenvalue weighted by atomic mass is 9.99. The van der Waals surface area contributed by atoms with Crippen LogP contribution < -0.4 is 5.32 Å². The number of hydrogen-bond acceptors (Lipinski definition) is 6. The van der Waals surface area contributed by atoms with E-state index >= 15 is 0 Å². The molecule has 0 bridgehead atoms. The van der Waals surface area contributed by atoms with Crippen molar-refractivity contribution >= 4 is 23.2 Å². The smallest absolute Gasteiger partial charge is 0.232 e. The fourth-order valence-corrected chi connectivity index (χ4v) is 3.39. The van der Waals surface area contributed by atoms with Gasteiger partial charge in [0.25, 0.3) is 0 Å². The summed E-state index contributed by atoms with van der Waals surface area (Å²) in [6, 6.07) is 8.86. The number of nitrogens with zero attached hydrogens (tertiary/aromatic N) is 4. The number of benzene rings is 1. The van der Waals surface area contributed by atoms with Crippen LogP contribution in [0.4, 0.5) is 5.69 Å². The molecule has 1 fully saturated rings. The van der Waals surface area contributed by atoms with E-state index in [2.05, 4.69) is 20.6 Å². The van der Waals surface area contributed by atoms with E-state index in [9.17, 15) is 4.79 Å². The van der Waals surface area contributed by atoms with Gasteiger partial charge >= 0.3 is 0 Å². The van der Waals surface area contributed by atoms with Crippen molar-refractivity contribution in [2.45, 2.75) is 24.9 Å². The number of aromatic nitrogens is 4. The summed E-state index contributed by atoms with van der Waals surface area (Å²) in [6.07, 6.45) is 2.32. The van der Waals surface area contributed by atoms with E-state index in [0.717, 1.165) is 12.1 Å². The highest BCUT2D eigenvalue weighted by atomic mass is 35.5. The molecular formula is C18H18ClN5O3. The molecule has 0 radical (unpaired) electrons. The zero-order valence-corrected chi connectivity index (χ0v) is 15.4. The van der Waals surface area contributed by atoms with Gasteiger partial charge in [0.15, 0.2) is 5.82 Å². The molecule has 27 heavy (non-hydrogen) atoms. The van der Waals surface area contributed by atoms with Crippen molar-refractivity contribution in [3.8, 4) is 0 Å². The molecule has 1 N–H and O–H groups in total. The molecule has 1 aliphatic heterocycles. The fraction of sp³-hybridized carbons (Fsp3) is 0.333. The van der Waals surface area contributed by atoms with Crippen molar-refractivity contribution in [1.29, 1.82) is 0 Å². The zero-order chi connectivity index (χ0) is 18.8. The van der Waals surface area contributed by atoms with Crippen LogP contribution in [0.25, 0.3) is 0 Å². The second-order valence-electron chi connectivity index (χ2n) is 6.35. The first-order valence-corrected chi connectivity index (χ1v) is 8.95. The molecule has 0 saturated carbocycles. The first-order chi connectivity index (χ1) is 13.1. The number of hydrogen-bond donors (Lipinski definition) is 1. The van der Waals surface area contributed by atoms with Gasteiger partial charge in [0.1, 0.15) is 6.10 Å². The maximum atomic E-state index is 12.2. The average Bonchev–Trinajstić information content (AvgIpc) is 3.34. The molecule has 4 rings (SSSR count). The normalized spacial score (nSPS) is 19.3. The van der Waals surface area contributed by atoms with Gasteiger partial charge in [-0.1, -0.05) is 22.8 Å². The SMILES string of the molecule is Cn1nccc1[C@@H]1OCC[C@H]1c1nc(CC(=O)Nc2cccc(Cl)c2)no1. The molecule has 1 saturated heterocycles. The summed E-state index contributed by atoms with van der Waals surface area (Å²) in [7, 11) is 1.87. The predicted molar refractivity (Wildman–Crippen MR) is 97.3 cm³/mol. The van der Waals surface area contributed by atoms with Crippen LogP contribution in [-0.2, 0) is 23.0 Å². The zero-order valence-electron chi connectivity index (χ0n) is 14.6. The molecule has 1 amide bonds. The second-order valence-corrected chi connectivity index (χ2v) is 6.79. The van der Waals surface area contributed by atoms with Crippen LogP contribution in [0.15, 0.2) is 41.1 Å². The van der Waals surface area contributed by atoms with Gasteiger partial charge in [-0.25, -0.2) is 0 Å². The van der Waals surface area contributed by atoms with Gasteiger partial charge in [-0.3, -0.25) is 9.48 Å². The summed E-state index contributed by atoms with van der Waals surface area (Å²) in [5, 5.41) is 11.5. The first kappa shape index (κ1) is 17.7. The van der Waals surface area contributed by atoms with Crippen LogP contribution in [0.1, 0.15) is 35.9 Å². The van der Waals surface area contributed by atoms with Crippen LogP contribution in [0.5, 0.6) is 0 Å². The van der Waals surface area contributed by atoms with Crippen molar-refractivity contribution in [3.05, 3.63) is 59.0 Å². The third-order valence-corrected chi connectivity index (χ3v) is 4.71. The topological polar surface area (TPSA) is 95.1 Å². The number of amides is 1. The quantitative estimate of drug-likeness (QED) is 0.723. The Kier molecular flexibility index (Phi) is 4.91. The van der Waals surface area contributed by atoms with Gasteiger partial charge in [-0.15, -0.1) is 0 Å². The Morgan fingerprint density at radius 3 is 3.07 bits per heavy atom. The average molecular weight is 388 g/mol. The van der Waals surface area contributed by atoms with E-state index in [4.69, 9.17) is 20.9 Å². The van der Waals surface area contributed by atoms with Crippen LogP contribution in [0.3, 0.4) is 0 Å². The minimum Gasteiger partial charge on any atom is -0.371 e. The maximum absolute atomic E-state index is 12.2. The Morgan fingerprint density at radius 2 is 2.30 bits per heavy atom. The third kappa shape index (κ3) is 3.86. The summed E-state index contributed by atoms with van der Waals surface area (Å²) < 4.78 is 13.0. The Morgan fingerprint density at radius 1 is 1.41 bits per heavy atom. The van der Waals surface area contributed by atoms with E-state index < -0.39 is 0 Å². The minimum atomic E-state index is -0.240. The number of halogens is 1. The lowest BCUT2D eigenvalue weighted by Crippen LogP contribution is -2.15. The van der Waals surface area contributed by atoms with Crippen molar-refractivity contribution < 1.29 is 14.1 Å². The Hall–Kier alpha value is -2.71. The molecule has 1 aliphatic rings. The van der Waals surface area contributed by atoms with Gasteiger partial charge < -0.3 is 14.6 Å². The summed E-state index contributed by atoms with van der Waals surface area (Å²) in [5.41, 5.74) is 1.58. The summed E-state index contributed by atoms with van der Waals surface area (Å²) in [5.74, 6) is 0.512. The van der Waals surface area contributed by atoms with Crippen molar-refractivity contribution in [1.82, 2.24) is 19.9 Å². The van der Waals surface area contributed by atoms with Crippen LogP contribution in [-0.4, -0.2) is 32.4 Å². The van der Waals surface area contributed by atoms with Crippen molar-refractivity contribution in [2.75, 3.05) is 11.9 Å². The molecule has 2 atom stereocenters. The van der Waals surface area contributed by atoms with Crippen LogP contribution in [0.2, 0.25) is 5.02 Å². The maximum Gasteiger partial charge on any atom is 0.232 e. The number of carbonyl (C=O) groups excluding carboxylic acids is 1. The number of carbonyl (C=O) groups is 1. The Balaban J connectivity index is 1.44. The van der Waals surface area contributed by atoms with E-state index in [-0.39, 0.29) is 24.3 Å². The highest BCUT2D eigenvalue weighted by molar-refractivity contribution is 6.30. The minimum absolute atomic E-state index is 0.0139. The molecule has 0 aliphatic carbocycles. The van der Waals surface area contributed by atoms with Crippen LogP contribution >= 0.6 is 11.6 Å². The van der Waals surface area contributed by atoms with Gasteiger partial charge in [0.05, 0.1) is 18.0 Å². The molecule has 2 aromatic heterocycles. The van der Waals surface area contributed by atoms with E-state index in [1.807, 2.05) is 13.1 Å². The predicted octanol–water partition coefficient (Wildman–Crippen LogP) is 2.88. The van der Waals surface area contributed by atoms with Gasteiger partial charge in [-0.2, -0.15) is 10.1 Å². The van der Waals surface area contributed by atoms with E-state index in [1.54, 1.807) is 35.1 Å². The Bertz CT molecular complexity index is 954. The summed E-state index contributed by atoms with van der Waals surface area (Å²) in [4.78, 5) is 16.6. The number of rotatable bonds is 5. The molecule has 9 heteroatoms. The van der Waals surface area contributed by atoms with E-state index in [1.165, 1.54) is 0 Å². The molecule has 0 spiro atoms. The van der Waals surface area contributed by atoms with Crippen molar-refractivity contribution in [3.63, 3.8) is 0 Å². The summed E-state index contributed by atoms with van der Waals surface area (Å²) in [6.45, 7) is 0.605. The number of ether oxygens (including phenoxy) is 1. The monoisotopic (exact) mass is 387 g/mol. The van der Waals surface area contributed by atoms with Gasteiger partial charge in [0, 0.05) is 30.6 Å². The Labute approximate surface area is 160 Å². The van der Waals surface area contributed by atoms with Gasteiger partial charge in [-0.05, 0) is 30.7 Å². The highest BCUT2D eigenvalue weighted by Crippen LogP contribution is 2.40. The number of anilines is 1. The second kappa shape index (κ2) is 7.50. The van der Waals surface area contributed by atoms with Crippen LogP contribution in [0, 0.1) is 0 Å². The molecule has 0 unspecified atom stereocenters. The largest absolute Gasteiger partial charge is 0.371 e. The molecule has 8 nitrogen and oxygen atoms in total.